The first-order valence-corrected chi connectivity index (χ1v) is 8.38. The molecule has 24 heavy (non-hydrogen) atoms. The van der Waals surface area contributed by atoms with Gasteiger partial charge >= 0.3 is 0 Å². The molecule has 0 amide bonds. The molecule has 128 valence electrons. The molecule has 0 nitrogen and oxygen atoms in total. The standard InChI is InChI=1S/C20H20F4/c1-3-4-12-6-7-13-10-16(20(24)19(23)15(13)9-12)14-8-5-11(2)17(21)18(14)22/h5,8,10,12H,3-4,6-7,9H2,1-2H3. The summed E-state index contributed by atoms with van der Waals surface area (Å²) in [5.41, 5.74) is 0.813. The minimum atomic E-state index is -1.13. The summed E-state index contributed by atoms with van der Waals surface area (Å²) in [6, 6.07) is 4.17. The van der Waals surface area contributed by atoms with E-state index >= 15 is 0 Å². The van der Waals surface area contributed by atoms with Crippen LogP contribution in [0, 0.1) is 36.1 Å². The van der Waals surface area contributed by atoms with Gasteiger partial charge in [-0.15, -0.1) is 0 Å². The van der Waals surface area contributed by atoms with E-state index in [4.69, 9.17) is 0 Å². The molecule has 2 aromatic rings. The van der Waals surface area contributed by atoms with Crippen molar-refractivity contribution in [3.05, 3.63) is 58.2 Å². The summed E-state index contributed by atoms with van der Waals surface area (Å²) in [6.07, 6.45) is 4.06. The van der Waals surface area contributed by atoms with Gasteiger partial charge in [0.15, 0.2) is 23.3 Å². The molecule has 0 bridgehead atoms. The lowest BCUT2D eigenvalue weighted by Gasteiger charge is -2.26. The summed E-state index contributed by atoms with van der Waals surface area (Å²) in [6.45, 7) is 3.50. The first-order valence-electron chi connectivity index (χ1n) is 8.38. The number of rotatable bonds is 3. The molecule has 0 fully saturated rings. The normalized spacial score (nSPS) is 17.0. The van der Waals surface area contributed by atoms with Crippen molar-refractivity contribution >= 4 is 0 Å². The Kier molecular flexibility index (Phi) is 4.66. The molecule has 0 aromatic heterocycles. The summed E-state index contributed by atoms with van der Waals surface area (Å²) in [5, 5.41) is 0. The summed E-state index contributed by atoms with van der Waals surface area (Å²) < 4.78 is 57.1. The smallest absolute Gasteiger partial charge is 0.167 e. The van der Waals surface area contributed by atoms with Gasteiger partial charge in [-0.25, -0.2) is 17.6 Å². The third-order valence-corrected chi connectivity index (χ3v) is 4.98. The van der Waals surface area contributed by atoms with Crippen molar-refractivity contribution in [1.29, 1.82) is 0 Å². The third-order valence-electron chi connectivity index (χ3n) is 4.98. The SMILES string of the molecule is CCCC1CCc2cc(-c3ccc(C)c(F)c3F)c(F)c(F)c2C1. The van der Waals surface area contributed by atoms with Gasteiger partial charge < -0.3 is 0 Å². The second-order valence-corrected chi connectivity index (χ2v) is 6.65. The molecule has 1 aliphatic rings. The first-order chi connectivity index (χ1) is 11.4. The Morgan fingerprint density at radius 1 is 0.958 bits per heavy atom. The Hall–Kier alpha value is -1.84. The monoisotopic (exact) mass is 336 g/mol. The molecule has 4 heteroatoms. The highest BCUT2D eigenvalue weighted by Crippen LogP contribution is 2.37. The molecule has 2 aromatic carbocycles. The van der Waals surface area contributed by atoms with Crippen LogP contribution in [-0.4, -0.2) is 0 Å². The van der Waals surface area contributed by atoms with Gasteiger partial charge in [0.25, 0.3) is 0 Å². The van der Waals surface area contributed by atoms with Gasteiger partial charge in [-0.2, -0.15) is 0 Å². The molecule has 0 heterocycles. The molecular weight excluding hydrogens is 316 g/mol. The molecular formula is C20H20F4. The van der Waals surface area contributed by atoms with E-state index in [-0.39, 0.29) is 16.7 Å². The lowest BCUT2D eigenvalue weighted by atomic mass is 9.80. The predicted molar refractivity (Wildman–Crippen MR) is 86.9 cm³/mol. The van der Waals surface area contributed by atoms with E-state index in [1.165, 1.54) is 25.1 Å². The first kappa shape index (κ1) is 17.0. The average Bonchev–Trinajstić information content (AvgIpc) is 2.57. The van der Waals surface area contributed by atoms with Crippen LogP contribution in [0.3, 0.4) is 0 Å². The minimum absolute atomic E-state index is 0.137. The molecule has 0 radical (unpaired) electrons. The van der Waals surface area contributed by atoms with E-state index in [1.807, 2.05) is 0 Å². The highest BCUT2D eigenvalue weighted by Gasteiger charge is 2.27. The largest absolute Gasteiger partial charge is 0.203 e. The quantitative estimate of drug-likeness (QED) is 0.592. The Balaban J connectivity index is 2.10. The summed E-state index contributed by atoms with van der Waals surface area (Å²) in [5.74, 6) is -3.80. The van der Waals surface area contributed by atoms with Gasteiger partial charge in [0, 0.05) is 11.1 Å². The lowest BCUT2D eigenvalue weighted by Crippen LogP contribution is -2.17. The second-order valence-electron chi connectivity index (χ2n) is 6.65. The highest BCUT2D eigenvalue weighted by atomic mass is 19.2. The molecule has 0 aliphatic heterocycles. The fraction of sp³-hybridized carbons (Fsp3) is 0.400. The second kappa shape index (κ2) is 6.58. The number of benzene rings is 2. The zero-order chi connectivity index (χ0) is 17.4. The zero-order valence-electron chi connectivity index (χ0n) is 13.9. The zero-order valence-corrected chi connectivity index (χ0v) is 13.9. The van der Waals surface area contributed by atoms with E-state index in [0.717, 1.165) is 19.3 Å². The van der Waals surface area contributed by atoms with Crippen molar-refractivity contribution in [2.45, 2.75) is 46.0 Å². The van der Waals surface area contributed by atoms with Crippen molar-refractivity contribution in [3.63, 3.8) is 0 Å². The minimum Gasteiger partial charge on any atom is -0.203 e. The molecule has 0 saturated carbocycles. The summed E-state index contributed by atoms with van der Waals surface area (Å²) >= 11 is 0. The van der Waals surface area contributed by atoms with E-state index in [2.05, 4.69) is 6.92 Å². The Morgan fingerprint density at radius 2 is 1.67 bits per heavy atom. The number of hydrogen-bond acceptors (Lipinski definition) is 0. The van der Waals surface area contributed by atoms with Crippen LogP contribution in [0.25, 0.3) is 11.1 Å². The number of hydrogen-bond donors (Lipinski definition) is 0. The lowest BCUT2D eigenvalue weighted by molar-refractivity contribution is 0.402. The average molecular weight is 336 g/mol. The predicted octanol–water partition coefficient (Wildman–Crippen LogP) is 6.12. The van der Waals surface area contributed by atoms with Crippen molar-refractivity contribution < 1.29 is 17.6 Å². The Bertz CT molecular complexity index is 780. The van der Waals surface area contributed by atoms with E-state index < -0.39 is 23.3 Å². The van der Waals surface area contributed by atoms with E-state index in [0.29, 0.717) is 29.9 Å². The van der Waals surface area contributed by atoms with Gasteiger partial charge in [-0.3, -0.25) is 0 Å². The molecule has 0 spiro atoms. The van der Waals surface area contributed by atoms with Crippen molar-refractivity contribution in [1.82, 2.24) is 0 Å². The molecule has 1 aliphatic carbocycles. The maximum Gasteiger partial charge on any atom is 0.167 e. The van der Waals surface area contributed by atoms with Crippen molar-refractivity contribution in [2.24, 2.45) is 5.92 Å². The van der Waals surface area contributed by atoms with Crippen LogP contribution >= 0.6 is 0 Å². The van der Waals surface area contributed by atoms with Crippen LogP contribution in [0.15, 0.2) is 18.2 Å². The number of aryl methyl sites for hydroxylation is 2. The van der Waals surface area contributed by atoms with E-state index in [9.17, 15) is 17.6 Å². The summed E-state index contributed by atoms with van der Waals surface area (Å²) in [4.78, 5) is 0. The molecule has 0 N–H and O–H groups in total. The van der Waals surface area contributed by atoms with Gasteiger partial charge in [0.1, 0.15) is 0 Å². The van der Waals surface area contributed by atoms with Crippen molar-refractivity contribution in [2.75, 3.05) is 0 Å². The highest BCUT2D eigenvalue weighted by molar-refractivity contribution is 5.67. The fourth-order valence-corrected chi connectivity index (χ4v) is 3.62. The maximum atomic E-state index is 14.6. The molecule has 3 rings (SSSR count). The number of fused-ring (bicyclic) bond motifs is 1. The van der Waals surface area contributed by atoms with Crippen LogP contribution in [0.1, 0.15) is 42.9 Å². The third kappa shape index (κ3) is 2.83. The Morgan fingerprint density at radius 3 is 2.38 bits per heavy atom. The molecule has 1 atom stereocenters. The topological polar surface area (TPSA) is 0 Å². The van der Waals surface area contributed by atoms with Gasteiger partial charge in [-0.1, -0.05) is 31.9 Å². The van der Waals surface area contributed by atoms with Gasteiger partial charge in [0.05, 0.1) is 0 Å². The number of halogens is 4. The van der Waals surface area contributed by atoms with Gasteiger partial charge in [0.2, 0.25) is 0 Å². The van der Waals surface area contributed by atoms with Crippen LogP contribution in [0.2, 0.25) is 0 Å². The van der Waals surface area contributed by atoms with Crippen LogP contribution in [-0.2, 0) is 12.8 Å². The van der Waals surface area contributed by atoms with Crippen LogP contribution in [0.4, 0.5) is 17.6 Å². The van der Waals surface area contributed by atoms with E-state index in [1.54, 1.807) is 0 Å². The van der Waals surface area contributed by atoms with Crippen LogP contribution < -0.4 is 0 Å². The van der Waals surface area contributed by atoms with Crippen molar-refractivity contribution in [3.8, 4) is 11.1 Å². The Labute approximate surface area is 139 Å². The summed E-state index contributed by atoms with van der Waals surface area (Å²) in [7, 11) is 0. The fourth-order valence-electron chi connectivity index (χ4n) is 3.62. The molecule has 0 saturated heterocycles. The van der Waals surface area contributed by atoms with Gasteiger partial charge in [-0.05, 0) is 54.9 Å². The van der Waals surface area contributed by atoms with Crippen LogP contribution in [0.5, 0.6) is 0 Å². The maximum absolute atomic E-state index is 14.6. The molecule has 1 unspecified atom stereocenters.